The Labute approximate surface area is 127 Å². The molecular formula is C12H11ClF3N3OS. The Bertz CT molecular complexity index is 619. The van der Waals surface area contributed by atoms with Crippen LogP contribution < -0.4 is 4.90 Å². The average Bonchev–Trinajstić information content (AvgIpc) is 3.06. The number of halogens is 4. The molecule has 0 bridgehead atoms. The van der Waals surface area contributed by atoms with E-state index >= 15 is 0 Å². The highest BCUT2D eigenvalue weighted by atomic mass is 35.5. The molecule has 0 unspecified atom stereocenters. The third-order valence-corrected chi connectivity index (χ3v) is 4.80. The summed E-state index contributed by atoms with van der Waals surface area (Å²) in [7, 11) is 0. The Morgan fingerprint density at radius 3 is 2.62 bits per heavy atom. The van der Waals surface area contributed by atoms with Gasteiger partial charge >= 0.3 is 6.18 Å². The minimum atomic E-state index is -4.13. The van der Waals surface area contributed by atoms with Gasteiger partial charge in [-0.05, 0) is 29.4 Å². The van der Waals surface area contributed by atoms with Crippen LogP contribution in [0.4, 0.5) is 19.1 Å². The van der Waals surface area contributed by atoms with E-state index in [0.717, 1.165) is 0 Å². The van der Waals surface area contributed by atoms with Crippen LogP contribution in [0, 0.1) is 5.92 Å². The normalized spacial score (nSPS) is 17.4. The van der Waals surface area contributed by atoms with E-state index in [1.165, 1.54) is 11.3 Å². The van der Waals surface area contributed by atoms with Gasteiger partial charge in [0.15, 0.2) is 0 Å². The second-order valence-corrected chi connectivity index (χ2v) is 6.12. The lowest BCUT2D eigenvalue weighted by Gasteiger charge is -2.31. The summed E-state index contributed by atoms with van der Waals surface area (Å²) in [5, 5.41) is 6.15. The smallest absolute Gasteiger partial charge is 0.338 e. The van der Waals surface area contributed by atoms with Crippen molar-refractivity contribution in [2.45, 2.75) is 19.0 Å². The summed E-state index contributed by atoms with van der Waals surface area (Å²) in [5.41, 5.74) is 0. The molecule has 1 fully saturated rings. The number of rotatable bonds is 2. The van der Waals surface area contributed by atoms with Gasteiger partial charge < -0.3 is 9.42 Å². The third-order valence-electron chi connectivity index (χ3n) is 3.47. The van der Waals surface area contributed by atoms with E-state index in [1.807, 2.05) is 0 Å². The molecule has 9 heteroatoms. The van der Waals surface area contributed by atoms with Crippen LogP contribution in [-0.4, -0.2) is 29.4 Å². The summed E-state index contributed by atoms with van der Waals surface area (Å²) in [6.07, 6.45) is -4.03. The van der Waals surface area contributed by atoms with Crippen LogP contribution in [0.5, 0.6) is 0 Å². The van der Waals surface area contributed by atoms with Crippen LogP contribution in [-0.2, 0) is 0 Å². The lowest BCUT2D eigenvalue weighted by molar-refractivity contribution is -0.179. The summed E-state index contributed by atoms with van der Waals surface area (Å²) in [6, 6.07) is 1.72. The van der Waals surface area contributed by atoms with Gasteiger partial charge in [-0.25, -0.2) is 0 Å². The fraction of sp³-hybridized carbons (Fsp3) is 0.500. The van der Waals surface area contributed by atoms with E-state index in [9.17, 15) is 13.2 Å². The molecule has 2 aromatic rings. The standard InChI is InChI=1S/C12H11ClF3N3OS/c13-8-3-6-21-9(8)10-17-11(18-20-10)19-4-1-7(2-5-19)12(14,15)16/h3,6-7H,1-2,4-5H2. The maximum Gasteiger partial charge on any atom is 0.391 e. The topological polar surface area (TPSA) is 42.2 Å². The van der Waals surface area contributed by atoms with Gasteiger partial charge in [-0.3, -0.25) is 0 Å². The summed E-state index contributed by atoms with van der Waals surface area (Å²) in [5.74, 6) is -0.634. The SMILES string of the molecule is FC(F)(F)C1CCN(c2noc(-c3sccc3Cl)n2)CC1. The highest BCUT2D eigenvalue weighted by molar-refractivity contribution is 7.14. The third kappa shape index (κ3) is 3.01. The van der Waals surface area contributed by atoms with E-state index in [0.29, 0.717) is 21.7 Å². The fourth-order valence-corrected chi connectivity index (χ4v) is 3.35. The average molecular weight is 338 g/mol. The van der Waals surface area contributed by atoms with Gasteiger partial charge in [0, 0.05) is 13.1 Å². The fourth-order valence-electron chi connectivity index (χ4n) is 2.29. The van der Waals surface area contributed by atoms with Crippen LogP contribution in [0.1, 0.15) is 12.8 Å². The van der Waals surface area contributed by atoms with E-state index in [2.05, 4.69) is 10.1 Å². The van der Waals surface area contributed by atoms with Crippen molar-refractivity contribution in [2.24, 2.45) is 5.92 Å². The zero-order valence-electron chi connectivity index (χ0n) is 10.7. The number of anilines is 1. The molecule has 21 heavy (non-hydrogen) atoms. The van der Waals surface area contributed by atoms with Crippen molar-refractivity contribution in [3.63, 3.8) is 0 Å². The Hall–Kier alpha value is -1.28. The minimum Gasteiger partial charge on any atom is -0.338 e. The Morgan fingerprint density at radius 2 is 2.05 bits per heavy atom. The molecule has 4 nitrogen and oxygen atoms in total. The largest absolute Gasteiger partial charge is 0.391 e. The van der Waals surface area contributed by atoms with Gasteiger partial charge in [0.05, 0.1) is 10.9 Å². The molecular weight excluding hydrogens is 327 g/mol. The monoisotopic (exact) mass is 337 g/mol. The highest BCUT2D eigenvalue weighted by Crippen LogP contribution is 2.36. The zero-order valence-corrected chi connectivity index (χ0v) is 12.3. The van der Waals surface area contributed by atoms with Crippen LogP contribution >= 0.6 is 22.9 Å². The van der Waals surface area contributed by atoms with E-state index in [1.54, 1.807) is 16.3 Å². The van der Waals surface area contributed by atoms with E-state index in [4.69, 9.17) is 16.1 Å². The molecule has 0 atom stereocenters. The van der Waals surface area contributed by atoms with Gasteiger partial charge in [0.1, 0.15) is 4.88 Å². The molecule has 0 radical (unpaired) electrons. The first-order valence-corrected chi connectivity index (χ1v) is 7.59. The van der Waals surface area contributed by atoms with Crippen molar-refractivity contribution >= 4 is 28.9 Å². The molecule has 0 aliphatic carbocycles. The molecule has 0 spiro atoms. The van der Waals surface area contributed by atoms with Crippen LogP contribution in [0.15, 0.2) is 16.0 Å². The van der Waals surface area contributed by atoms with Crippen LogP contribution in [0.3, 0.4) is 0 Å². The predicted octanol–water partition coefficient (Wildman–Crippen LogP) is 4.23. The summed E-state index contributed by atoms with van der Waals surface area (Å²) in [6.45, 7) is 0.530. The van der Waals surface area contributed by atoms with Crippen molar-refractivity contribution in [3.05, 3.63) is 16.5 Å². The molecule has 3 heterocycles. The molecule has 0 aromatic carbocycles. The van der Waals surface area contributed by atoms with Crippen molar-refractivity contribution in [1.29, 1.82) is 0 Å². The second-order valence-electron chi connectivity index (χ2n) is 4.80. The van der Waals surface area contributed by atoms with Gasteiger partial charge in [0.25, 0.3) is 11.8 Å². The Balaban J connectivity index is 1.70. The molecule has 1 saturated heterocycles. The molecule has 0 N–H and O–H groups in total. The summed E-state index contributed by atoms with van der Waals surface area (Å²) < 4.78 is 43.0. The number of nitrogens with zero attached hydrogens (tertiary/aromatic N) is 3. The lowest BCUT2D eigenvalue weighted by atomic mass is 9.96. The van der Waals surface area contributed by atoms with Crippen LogP contribution in [0.2, 0.25) is 5.02 Å². The van der Waals surface area contributed by atoms with Crippen molar-refractivity contribution < 1.29 is 17.7 Å². The first-order chi connectivity index (χ1) is 9.95. The number of aromatic nitrogens is 2. The lowest BCUT2D eigenvalue weighted by Crippen LogP contribution is -2.39. The van der Waals surface area contributed by atoms with E-state index < -0.39 is 12.1 Å². The molecule has 0 saturated carbocycles. The number of alkyl halides is 3. The van der Waals surface area contributed by atoms with Crippen molar-refractivity contribution in [2.75, 3.05) is 18.0 Å². The van der Waals surface area contributed by atoms with E-state index in [-0.39, 0.29) is 25.9 Å². The quantitative estimate of drug-likeness (QED) is 0.822. The van der Waals surface area contributed by atoms with Gasteiger partial charge in [-0.2, -0.15) is 18.2 Å². The summed E-state index contributed by atoms with van der Waals surface area (Å²) >= 11 is 7.35. The molecule has 2 aromatic heterocycles. The highest BCUT2D eigenvalue weighted by Gasteiger charge is 2.41. The van der Waals surface area contributed by atoms with Crippen molar-refractivity contribution in [1.82, 2.24) is 10.1 Å². The van der Waals surface area contributed by atoms with Gasteiger partial charge in [-0.15, -0.1) is 11.3 Å². The number of hydrogen-bond donors (Lipinski definition) is 0. The summed E-state index contributed by atoms with van der Waals surface area (Å²) in [4.78, 5) is 6.59. The second kappa shape index (κ2) is 5.49. The number of hydrogen-bond acceptors (Lipinski definition) is 5. The maximum absolute atomic E-state index is 12.6. The van der Waals surface area contributed by atoms with Gasteiger partial charge in [-0.1, -0.05) is 11.6 Å². The number of thiophene rings is 1. The zero-order chi connectivity index (χ0) is 15.0. The first-order valence-electron chi connectivity index (χ1n) is 6.34. The Morgan fingerprint density at radius 1 is 1.33 bits per heavy atom. The molecule has 1 aliphatic heterocycles. The van der Waals surface area contributed by atoms with Gasteiger partial charge in [0.2, 0.25) is 0 Å². The maximum atomic E-state index is 12.6. The van der Waals surface area contributed by atoms with Crippen molar-refractivity contribution in [3.8, 4) is 10.8 Å². The van der Waals surface area contributed by atoms with Crippen LogP contribution in [0.25, 0.3) is 10.8 Å². The Kier molecular flexibility index (Phi) is 3.83. The molecule has 3 rings (SSSR count). The predicted molar refractivity (Wildman–Crippen MR) is 73.6 cm³/mol. The molecule has 114 valence electrons. The first kappa shape index (κ1) is 14.6. The minimum absolute atomic E-state index is 0.0487. The molecule has 1 aliphatic rings. The molecule has 0 amide bonds. The number of piperidine rings is 1.